The van der Waals surface area contributed by atoms with Crippen molar-refractivity contribution in [3.8, 4) is 0 Å². The van der Waals surface area contributed by atoms with Crippen LogP contribution in [0.2, 0.25) is 0 Å². The molecule has 15 heavy (non-hydrogen) atoms. The molecule has 2 amide bonds. The van der Waals surface area contributed by atoms with E-state index in [0.717, 1.165) is 0 Å². The van der Waals surface area contributed by atoms with E-state index in [-0.39, 0.29) is 5.78 Å². The zero-order valence-electron chi connectivity index (χ0n) is 9.42. The third-order valence-electron chi connectivity index (χ3n) is 3.39. The Morgan fingerprint density at radius 3 is 2.07 bits per heavy atom. The lowest BCUT2D eigenvalue weighted by Crippen LogP contribution is -2.58. The molecular formula is C11H17NO3. The van der Waals surface area contributed by atoms with Crippen molar-refractivity contribution in [1.29, 1.82) is 0 Å². The van der Waals surface area contributed by atoms with Crippen LogP contribution in [0.5, 0.6) is 0 Å². The van der Waals surface area contributed by atoms with Gasteiger partial charge < -0.3 is 0 Å². The maximum absolute atomic E-state index is 12.1. The molecule has 4 nitrogen and oxygen atoms in total. The molecule has 1 heterocycles. The first-order valence-corrected chi connectivity index (χ1v) is 5.43. The number of hydrogen-bond acceptors (Lipinski definition) is 3. The standard InChI is InChI=1S/C11H17NO3/c1-4-7-8(13)11(5-2,6-3)10(15)12-9(7)14/h7H,4-6H2,1-3H3,(H,12,14,15). The number of rotatable bonds is 3. The number of nitrogens with one attached hydrogen (secondary N) is 1. The normalized spacial score (nSPS) is 25.3. The highest BCUT2D eigenvalue weighted by molar-refractivity contribution is 6.22. The van der Waals surface area contributed by atoms with Crippen LogP contribution >= 0.6 is 0 Å². The number of piperidine rings is 1. The van der Waals surface area contributed by atoms with E-state index in [0.29, 0.717) is 19.3 Å². The molecule has 0 aromatic heterocycles. The number of Topliss-reactive ketones (excluding diaryl/α,β-unsaturated/α-hetero) is 1. The third-order valence-corrected chi connectivity index (χ3v) is 3.39. The molecule has 0 aromatic carbocycles. The molecule has 1 fully saturated rings. The van der Waals surface area contributed by atoms with Gasteiger partial charge in [0.2, 0.25) is 11.8 Å². The van der Waals surface area contributed by atoms with E-state index >= 15 is 0 Å². The van der Waals surface area contributed by atoms with Crippen LogP contribution in [0.25, 0.3) is 0 Å². The lowest BCUT2D eigenvalue weighted by Gasteiger charge is -2.35. The first kappa shape index (κ1) is 11.9. The number of carbonyl (C=O) groups excluding carboxylic acids is 3. The lowest BCUT2D eigenvalue weighted by atomic mass is 9.69. The maximum atomic E-state index is 12.1. The Hall–Kier alpha value is -1.19. The zero-order chi connectivity index (χ0) is 11.6. The third kappa shape index (κ3) is 1.58. The van der Waals surface area contributed by atoms with E-state index in [4.69, 9.17) is 0 Å². The summed E-state index contributed by atoms with van der Waals surface area (Å²) in [4.78, 5) is 35.2. The molecule has 1 rings (SSSR count). The Labute approximate surface area is 89.4 Å². The fraction of sp³-hybridized carbons (Fsp3) is 0.727. The Kier molecular flexibility index (Phi) is 3.27. The highest BCUT2D eigenvalue weighted by Gasteiger charge is 2.51. The van der Waals surface area contributed by atoms with E-state index in [1.54, 1.807) is 6.92 Å². The molecule has 1 saturated heterocycles. The van der Waals surface area contributed by atoms with Gasteiger partial charge in [0.1, 0.15) is 5.41 Å². The first-order chi connectivity index (χ1) is 7.03. The Morgan fingerprint density at radius 1 is 1.13 bits per heavy atom. The van der Waals surface area contributed by atoms with Crippen molar-refractivity contribution in [2.45, 2.75) is 40.0 Å². The molecule has 0 aromatic rings. The molecule has 0 bridgehead atoms. The predicted molar refractivity (Wildman–Crippen MR) is 55.0 cm³/mol. The SMILES string of the molecule is CCC1C(=O)NC(=O)C(CC)(CC)C1=O. The van der Waals surface area contributed by atoms with Crippen molar-refractivity contribution in [3.63, 3.8) is 0 Å². The van der Waals surface area contributed by atoms with Gasteiger partial charge in [-0.05, 0) is 19.3 Å². The van der Waals surface area contributed by atoms with Gasteiger partial charge in [0.05, 0.1) is 5.92 Å². The molecule has 1 aliphatic heterocycles. The molecule has 0 spiro atoms. The summed E-state index contributed by atoms with van der Waals surface area (Å²) < 4.78 is 0. The van der Waals surface area contributed by atoms with Crippen LogP contribution in [0.3, 0.4) is 0 Å². The first-order valence-electron chi connectivity index (χ1n) is 5.43. The number of ketones is 1. The van der Waals surface area contributed by atoms with Crippen molar-refractivity contribution in [2.24, 2.45) is 11.3 Å². The Balaban J connectivity index is 3.12. The molecular weight excluding hydrogens is 194 g/mol. The summed E-state index contributed by atoms with van der Waals surface area (Å²) in [6.45, 7) is 5.40. The van der Waals surface area contributed by atoms with Gasteiger partial charge in [-0.25, -0.2) is 0 Å². The summed E-state index contributed by atoms with van der Waals surface area (Å²) in [5.74, 6) is -1.72. The molecule has 1 aliphatic rings. The smallest absolute Gasteiger partial charge is 0.240 e. The summed E-state index contributed by atoms with van der Waals surface area (Å²) in [5.41, 5.74) is -0.978. The Bertz CT molecular complexity index is 305. The van der Waals surface area contributed by atoms with Crippen LogP contribution in [0.15, 0.2) is 0 Å². The van der Waals surface area contributed by atoms with Crippen molar-refractivity contribution < 1.29 is 14.4 Å². The fourth-order valence-corrected chi connectivity index (χ4v) is 2.17. The van der Waals surface area contributed by atoms with Crippen LogP contribution in [0.4, 0.5) is 0 Å². The monoisotopic (exact) mass is 211 g/mol. The van der Waals surface area contributed by atoms with Gasteiger partial charge in [-0.15, -0.1) is 0 Å². The van der Waals surface area contributed by atoms with Crippen LogP contribution in [-0.4, -0.2) is 17.6 Å². The van der Waals surface area contributed by atoms with Crippen molar-refractivity contribution >= 4 is 17.6 Å². The van der Waals surface area contributed by atoms with E-state index < -0.39 is 23.1 Å². The average molecular weight is 211 g/mol. The molecule has 4 heteroatoms. The summed E-state index contributed by atoms with van der Waals surface area (Å²) in [6.07, 6.45) is 1.37. The molecule has 1 atom stereocenters. The zero-order valence-corrected chi connectivity index (χ0v) is 9.42. The largest absolute Gasteiger partial charge is 0.298 e. The number of hydrogen-bond donors (Lipinski definition) is 1. The van der Waals surface area contributed by atoms with E-state index in [9.17, 15) is 14.4 Å². The van der Waals surface area contributed by atoms with Crippen molar-refractivity contribution in [2.75, 3.05) is 0 Å². The topological polar surface area (TPSA) is 63.2 Å². The van der Waals surface area contributed by atoms with Gasteiger partial charge in [-0.3, -0.25) is 19.7 Å². The lowest BCUT2D eigenvalue weighted by molar-refractivity contribution is -0.155. The van der Waals surface area contributed by atoms with Gasteiger partial charge in [-0.2, -0.15) is 0 Å². The van der Waals surface area contributed by atoms with Gasteiger partial charge in [-0.1, -0.05) is 20.8 Å². The molecule has 0 radical (unpaired) electrons. The molecule has 1 unspecified atom stereocenters. The van der Waals surface area contributed by atoms with Crippen LogP contribution in [-0.2, 0) is 14.4 Å². The predicted octanol–water partition coefficient (Wildman–Crippen LogP) is 1.04. The van der Waals surface area contributed by atoms with E-state index in [2.05, 4.69) is 5.32 Å². The number of amides is 2. The minimum Gasteiger partial charge on any atom is -0.298 e. The molecule has 0 saturated carbocycles. The fourth-order valence-electron chi connectivity index (χ4n) is 2.17. The molecule has 0 aliphatic carbocycles. The summed E-state index contributed by atoms with van der Waals surface area (Å²) >= 11 is 0. The minimum absolute atomic E-state index is 0.205. The quantitative estimate of drug-likeness (QED) is 0.560. The van der Waals surface area contributed by atoms with Crippen LogP contribution in [0.1, 0.15) is 40.0 Å². The Morgan fingerprint density at radius 2 is 1.67 bits per heavy atom. The number of imide groups is 1. The van der Waals surface area contributed by atoms with Gasteiger partial charge in [0, 0.05) is 0 Å². The van der Waals surface area contributed by atoms with Crippen molar-refractivity contribution in [1.82, 2.24) is 5.32 Å². The maximum Gasteiger partial charge on any atom is 0.240 e. The van der Waals surface area contributed by atoms with Gasteiger partial charge in [0.15, 0.2) is 5.78 Å². The second kappa shape index (κ2) is 4.13. The second-order valence-electron chi connectivity index (χ2n) is 3.93. The van der Waals surface area contributed by atoms with E-state index in [1.807, 2.05) is 13.8 Å². The van der Waals surface area contributed by atoms with E-state index in [1.165, 1.54) is 0 Å². The summed E-state index contributed by atoms with van der Waals surface area (Å²) in [7, 11) is 0. The summed E-state index contributed by atoms with van der Waals surface area (Å²) in [5, 5.41) is 2.30. The molecule has 1 N–H and O–H groups in total. The number of carbonyl (C=O) groups is 3. The van der Waals surface area contributed by atoms with Crippen LogP contribution in [0, 0.1) is 11.3 Å². The highest BCUT2D eigenvalue weighted by atomic mass is 16.2. The van der Waals surface area contributed by atoms with Gasteiger partial charge >= 0.3 is 0 Å². The van der Waals surface area contributed by atoms with Crippen molar-refractivity contribution in [3.05, 3.63) is 0 Å². The highest BCUT2D eigenvalue weighted by Crippen LogP contribution is 2.35. The van der Waals surface area contributed by atoms with Gasteiger partial charge in [0.25, 0.3) is 0 Å². The average Bonchev–Trinajstić information content (AvgIpc) is 2.20. The second-order valence-corrected chi connectivity index (χ2v) is 3.93. The molecule has 84 valence electrons. The minimum atomic E-state index is -0.978. The summed E-state index contributed by atoms with van der Waals surface area (Å²) in [6, 6.07) is 0. The van der Waals surface area contributed by atoms with Crippen LogP contribution < -0.4 is 5.32 Å².